The van der Waals surface area contributed by atoms with E-state index in [0.717, 1.165) is 23.5 Å². The highest BCUT2D eigenvalue weighted by Crippen LogP contribution is 2.43. The maximum Gasteiger partial charge on any atom is 0.251 e. The van der Waals surface area contributed by atoms with Gasteiger partial charge < -0.3 is 14.2 Å². The standard InChI is InChI=1S/C27H43NO3Si2/c1-26(2,3)32(7,8)30-23-17-16-21(20-24(23)31-33(9,10)27(4,5)6)18-19-28-25(29)22-14-12-11-13-15-22/h11-17,20H,18-19H2,1-10H3,(H,28,29). The lowest BCUT2D eigenvalue weighted by Gasteiger charge is -2.39. The Bertz CT molecular complexity index is 942. The fourth-order valence-corrected chi connectivity index (χ4v) is 4.78. The quantitative estimate of drug-likeness (QED) is 0.396. The monoisotopic (exact) mass is 485 g/mol. The Morgan fingerprint density at radius 1 is 0.788 bits per heavy atom. The zero-order chi connectivity index (χ0) is 25.1. The van der Waals surface area contributed by atoms with Crippen LogP contribution in [0.25, 0.3) is 0 Å². The van der Waals surface area contributed by atoms with E-state index in [2.05, 4.69) is 91.2 Å². The molecule has 2 aromatic carbocycles. The van der Waals surface area contributed by atoms with Crippen molar-refractivity contribution in [2.75, 3.05) is 6.54 Å². The van der Waals surface area contributed by atoms with Gasteiger partial charge in [0.25, 0.3) is 22.5 Å². The molecule has 0 saturated carbocycles. The molecule has 0 aliphatic carbocycles. The smallest absolute Gasteiger partial charge is 0.251 e. The Kier molecular flexibility index (Phi) is 8.29. The second-order valence-electron chi connectivity index (χ2n) is 11.9. The van der Waals surface area contributed by atoms with Gasteiger partial charge in [-0.15, -0.1) is 0 Å². The van der Waals surface area contributed by atoms with Crippen molar-refractivity contribution in [3.8, 4) is 11.5 Å². The van der Waals surface area contributed by atoms with Crippen LogP contribution in [0.5, 0.6) is 11.5 Å². The average Bonchev–Trinajstić information content (AvgIpc) is 2.68. The van der Waals surface area contributed by atoms with Gasteiger partial charge in [0, 0.05) is 12.1 Å². The number of hydrogen-bond acceptors (Lipinski definition) is 3. The van der Waals surface area contributed by atoms with Crippen LogP contribution in [0.2, 0.25) is 36.3 Å². The van der Waals surface area contributed by atoms with Crippen molar-refractivity contribution in [3.05, 3.63) is 59.7 Å². The number of nitrogens with one attached hydrogen (secondary N) is 1. The summed E-state index contributed by atoms with van der Waals surface area (Å²) in [7, 11) is -4.06. The van der Waals surface area contributed by atoms with Crippen LogP contribution in [0.4, 0.5) is 0 Å². The van der Waals surface area contributed by atoms with Crippen molar-refractivity contribution in [3.63, 3.8) is 0 Å². The third-order valence-corrected chi connectivity index (χ3v) is 15.8. The minimum atomic E-state index is -2.05. The molecule has 4 nitrogen and oxygen atoms in total. The molecule has 182 valence electrons. The molecule has 33 heavy (non-hydrogen) atoms. The molecule has 0 fully saturated rings. The van der Waals surface area contributed by atoms with Gasteiger partial charge in [-0.2, -0.15) is 0 Å². The van der Waals surface area contributed by atoms with E-state index in [1.807, 2.05) is 30.3 Å². The van der Waals surface area contributed by atoms with Crippen LogP contribution >= 0.6 is 0 Å². The van der Waals surface area contributed by atoms with Gasteiger partial charge >= 0.3 is 0 Å². The molecule has 2 aromatic rings. The van der Waals surface area contributed by atoms with Gasteiger partial charge in [0.15, 0.2) is 0 Å². The Morgan fingerprint density at radius 3 is 1.82 bits per heavy atom. The summed E-state index contributed by atoms with van der Waals surface area (Å²) < 4.78 is 13.4. The third-order valence-electron chi connectivity index (χ3n) is 7.09. The summed E-state index contributed by atoms with van der Waals surface area (Å²) in [4.78, 5) is 12.4. The van der Waals surface area contributed by atoms with Gasteiger partial charge in [0.1, 0.15) is 11.5 Å². The van der Waals surface area contributed by atoms with Crippen molar-refractivity contribution >= 4 is 22.5 Å². The minimum Gasteiger partial charge on any atom is -0.541 e. The number of amides is 1. The first-order chi connectivity index (χ1) is 15.0. The summed E-state index contributed by atoms with van der Waals surface area (Å²) in [6, 6.07) is 15.6. The van der Waals surface area contributed by atoms with E-state index in [1.165, 1.54) is 0 Å². The highest BCUT2D eigenvalue weighted by molar-refractivity contribution is 6.75. The number of benzene rings is 2. The Morgan fingerprint density at radius 2 is 1.30 bits per heavy atom. The molecule has 0 heterocycles. The van der Waals surface area contributed by atoms with Gasteiger partial charge in [0.05, 0.1) is 0 Å². The molecule has 0 aliphatic heterocycles. The predicted molar refractivity (Wildman–Crippen MR) is 145 cm³/mol. The maximum absolute atomic E-state index is 12.4. The summed E-state index contributed by atoms with van der Waals surface area (Å²) in [6.07, 6.45) is 0.729. The van der Waals surface area contributed by atoms with Crippen LogP contribution < -0.4 is 14.2 Å². The Labute approximate surface area is 203 Å². The van der Waals surface area contributed by atoms with Crippen molar-refractivity contribution in [2.24, 2.45) is 0 Å². The molecular weight excluding hydrogens is 442 g/mol. The first kappa shape index (κ1) is 27.2. The molecule has 0 bridgehead atoms. The molecule has 0 unspecified atom stereocenters. The lowest BCUT2D eigenvalue weighted by atomic mass is 10.1. The molecule has 6 heteroatoms. The van der Waals surface area contributed by atoms with Crippen LogP contribution in [0.3, 0.4) is 0 Å². The fourth-order valence-electron chi connectivity index (χ4n) is 2.74. The van der Waals surface area contributed by atoms with Crippen LogP contribution in [0, 0.1) is 0 Å². The third kappa shape index (κ3) is 7.21. The molecule has 0 aliphatic rings. The van der Waals surface area contributed by atoms with Gasteiger partial charge in [-0.25, -0.2) is 0 Å². The highest BCUT2D eigenvalue weighted by atomic mass is 28.4. The molecule has 0 atom stereocenters. The van der Waals surface area contributed by atoms with Crippen molar-refractivity contribution in [1.29, 1.82) is 0 Å². The Hall–Kier alpha value is -2.06. The van der Waals surface area contributed by atoms with Crippen LogP contribution in [0.1, 0.15) is 57.5 Å². The average molecular weight is 486 g/mol. The van der Waals surface area contributed by atoms with Crippen LogP contribution in [0.15, 0.2) is 48.5 Å². The first-order valence-electron chi connectivity index (χ1n) is 11.9. The van der Waals surface area contributed by atoms with E-state index < -0.39 is 16.6 Å². The van der Waals surface area contributed by atoms with Crippen molar-refractivity contribution < 1.29 is 13.6 Å². The van der Waals surface area contributed by atoms with Crippen LogP contribution in [-0.4, -0.2) is 29.1 Å². The SMILES string of the molecule is CC(C)(C)[Si](C)(C)Oc1ccc(CCNC(=O)c2ccccc2)cc1O[Si](C)(C)C(C)(C)C. The zero-order valence-corrected chi connectivity index (χ0v) is 24.3. The van der Waals surface area contributed by atoms with Gasteiger partial charge in [0.2, 0.25) is 0 Å². The van der Waals surface area contributed by atoms with Gasteiger partial charge in [-0.05, 0) is 72.5 Å². The summed E-state index contributed by atoms with van der Waals surface area (Å²) >= 11 is 0. The number of carbonyl (C=O) groups is 1. The zero-order valence-electron chi connectivity index (χ0n) is 22.3. The predicted octanol–water partition coefficient (Wildman–Crippen LogP) is 7.43. The molecule has 2 rings (SSSR count). The maximum atomic E-state index is 12.4. The molecule has 1 N–H and O–H groups in total. The van der Waals surface area contributed by atoms with E-state index in [0.29, 0.717) is 12.1 Å². The van der Waals surface area contributed by atoms with Gasteiger partial charge in [-0.3, -0.25) is 4.79 Å². The minimum absolute atomic E-state index is 0.0498. The second kappa shape index (κ2) is 10.1. The summed E-state index contributed by atoms with van der Waals surface area (Å²) in [6.45, 7) is 23.1. The van der Waals surface area contributed by atoms with Crippen molar-refractivity contribution in [2.45, 2.75) is 84.2 Å². The Balaban J connectivity index is 2.24. The topological polar surface area (TPSA) is 47.6 Å². The van der Waals surface area contributed by atoms with E-state index in [1.54, 1.807) is 0 Å². The lowest BCUT2D eigenvalue weighted by Crippen LogP contribution is -2.45. The normalized spacial score (nSPS) is 12.9. The molecular formula is C27H43NO3Si2. The number of hydrogen-bond donors (Lipinski definition) is 1. The molecule has 1 amide bonds. The van der Waals surface area contributed by atoms with Gasteiger partial charge in [-0.1, -0.05) is 65.8 Å². The second-order valence-corrected chi connectivity index (χ2v) is 21.3. The molecule has 0 aromatic heterocycles. The van der Waals surface area contributed by atoms with E-state index in [4.69, 9.17) is 8.85 Å². The fraction of sp³-hybridized carbons (Fsp3) is 0.519. The van der Waals surface area contributed by atoms with Crippen LogP contribution in [-0.2, 0) is 6.42 Å². The number of carbonyl (C=O) groups excluding carboxylic acids is 1. The number of rotatable bonds is 8. The molecule has 0 radical (unpaired) electrons. The summed E-state index contributed by atoms with van der Waals surface area (Å²) in [5.41, 5.74) is 1.80. The van der Waals surface area contributed by atoms with Crippen molar-refractivity contribution in [1.82, 2.24) is 5.32 Å². The molecule has 0 saturated heterocycles. The summed E-state index contributed by atoms with van der Waals surface area (Å²) in [5, 5.41) is 3.20. The largest absolute Gasteiger partial charge is 0.541 e. The summed E-state index contributed by atoms with van der Waals surface area (Å²) in [5.74, 6) is 1.62. The van der Waals surface area contributed by atoms with E-state index >= 15 is 0 Å². The lowest BCUT2D eigenvalue weighted by molar-refractivity contribution is 0.0954. The first-order valence-corrected chi connectivity index (χ1v) is 17.7. The van der Waals surface area contributed by atoms with E-state index in [-0.39, 0.29) is 16.0 Å². The van der Waals surface area contributed by atoms with E-state index in [9.17, 15) is 4.79 Å². The molecule has 0 spiro atoms. The highest BCUT2D eigenvalue weighted by Gasteiger charge is 2.42.